The molecule has 0 aromatic carbocycles. The third-order valence-electron chi connectivity index (χ3n) is 2.13. The van der Waals surface area contributed by atoms with Gasteiger partial charge in [0.25, 0.3) is 0 Å². The molecule has 0 saturated heterocycles. The highest BCUT2D eigenvalue weighted by atomic mass is 32.1. The van der Waals surface area contributed by atoms with Gasteiger partial charge in [-0.05, 0) is 19.9 Å². The molecule has 3 nitrogen and oxygen atoms in total. The fraction of sp³-hybridized carbons (Fsp3) is 0.300. The average Bonchev–Trinajstić information content (AvgIpc) is 2.70. The first-order chi connectivity index (χ1) is 6.66. The first kappa shape index (κ1) is 9.27. The van der Waals surface area contributed by atoms with Crippen molar-refractivity contribution in [2.45, 2.75) is 19.9 Å². The maximum atomic E-state index is 5.58. The Morgan fingerprint density at radius 3 is 2.79 bits per heavy atom. The number of anilines is 1. The van der Waals surface area contributed by atoms with Gasteiger partial charge in [0, 0.05) is 29.4 Å². The van der Waals surface area contributed by atoms with Crippen LogP contribution in [0.25, 0.3) is 11.3 Å². The van der Waals surface area contributed by atoms with E-state index in [1.807, 2.05) is 5.38 Å². The molecule has 0 spiro atoms. The molecule has 2 heterocycles. The fourth-order valence-corrected chi connectivity index (χ4v) is 1.88. The number of nitrogens with two attached hydrogens (primary N) is 1. The maximum absolute atomic E-state index is 5.58. The minimum atomic E-state index is 0.486. The SMILES string of the molecule is CC(C)n1ccc(-c2csc(N)n2)c1. The van der Waals surface area contributed by atoms with Gasteiger partial charge in [-0.15, -0.1) is 11.3 Å². The number of rotatable bonds is 2. The Bertz CT molecular complexity index is 428. The van der Waals surface area contributed by atoms with E-state index in [1.54, 1.807) is 0 Å². The van der Waals surface area contributed by atoms with Crippen molar-refractivity contribution in [2.24, 2.45) is 0 Å². The van der Waals surface area contributed by atoms with Crippen molar-refractivity contribution in [3.8, 4) is 11.3 Å². The monoisotopic (exact) mass is 207 g/mol. The van der Waals surface area contributed by atoms with E-state index in [4.69, 9.17) is 5.73 Å². The third-order valence-corrected chi connectivity index (χ3v) is 2.80. The smallest absolute Gasteiger partial charge is 0.180 e. The first-order valence-corrected chi connectivity index (χ1v) is 5.43. The highest BCUT2D eigenvalue weighted by Crippen LogP contribution is 2.24. The summed E-state index contributed by atoms with van der Waals surface area (Å²) in [6.45, 7) is 4.30. The molecule has 0 amide bonds. The van der Waals surface area contributed by atoms with Crippen LogP contribution in [-0.4, -0.2) is 9.55 Å². The van der Waals surface area contributed by atoms with Crippen LogP contribution in [0.5, 0.6) is 0 Å². The number of hydrogen-bond donors (Lipinski definition) is 1. The summed E-state index contributed by atoms with van der Waals surface area (Å²) in [6.07, 6.45) is 4.16. The Kier molecular flexibility index (Phi) is 2.29. The van der Waals surface area contributed by atoms with Crippen molar-refractivity contribution in [1.29, 1.82) is 0 Å². The van der Waals surface area contributed by atoms with E-state index in [1.165, 1.54) is 11.3 Å². The van der Waals surface area contributed by atoms with Crippen LogP contribution >= 0.6 is 11.3 Å². The van der Waals surface area contributed by atoms with Crippen LogP contribution in [0.2, 0.25) is 0 Å². The summed E-state index contributed by atoms with van der Waals surface area (Å²) in [5.74, 6) is 0. The zero-order valence-corrected chi connectivity index (χ0v) is 9.08. The molecule has 2 aromatic rings. The van der Waals surface area contributed by atoms with E-state index in [0.717, 1.165) is 11.3 Å². The molecular weight excluding hydrogens is 194 g/mol. The molecule has 14 heavy (non-hydrogen) atoms. The van der Waals surface area contributed by atoms with Crippen molar-refractivity contribution < 1.29 is 0 Å². The number of thiazole rings is 1. The average molecular weight is 207 g/mol. The summed E-state index contributed by atoms with van der Waals surface area (Å²) in [4.78, 5) is 4.24. The molecule has 0 fully saturated rings. The van der Waals surface area contributed by atoms with Crippen molar-refractivity contribution in [3.05, 3.63) is 23.8 Å². The highest BCUT2D eigenvalue weighted by molar-refractivity contribution is 7.13. The van der Waals surface area contributed by atoms with E-state index in [-0.39, 0.29) is 0 Å². The quantitative estimate of drug-likeness (QED) is 0.823. The fourth-order valence-electron chi connectivity index (χ4n) is 1.31. The Morgan fingerprint density at radius 1 is 1.50 bits per heavy atom. The lowest BCUT2D eigenvalue weighted by Gasteiger charge is -2.04. The minimum Gasteiger partial charge on any atom is -0.375 e. The largest absolute Gasteiger partial charge is 0.375 e. The van der Waals surface area contributed by atoms with Gasteiger partial charge in [0.05, 0.1) is 5.69 Å². The molecule has 2 N–H and O–H groups in total. The topological polar surface area (TPSA) is 43.8 Å². The van der Waals surface area contributed by atoms with Gasteiger partial charge in [0.1, 0.15) is 0 Å². The third kappa shape index (κ3) is 1.65. The van der Waals surface area contributed by atoms with Crippen LogP contribution in [-0.2, 0) is 0 Å². The van der Waals surface area contributed by atoms with Crippen LogP contribution in [0.3, 0.4) is 0 Å². The van der Waals surface area contributed by atoms with Crippen LogP contribution in [0.15, 0.2) is 23.8 Å². The molecule has 2 aromatic heterocycles. The van der Waals surface area contributed by atoms with Crippen molar-refractivity contribution in [3.63, 3.8) is 0 Å². The highest BCUT2D eigenvalue weighted by Gasteiger charge is 2.05. The zero-order valence-electron chi connectivity index (χ0n) is 8.27. The minimum absolute atomic E-state index is 0.486. The Labute approximate surface area is 87.2 Å². The normalized spacial score (nSPS) is 11.1. The second-order valence-electron chi connectivity index (χ2n) is 3.51. The number of aromatic nitrogens is 2. The van der Waals surface area contributed by atoms with Crippen LogP contribution in [0, 0.1) is 0 Å². The van der Waals surface area contributed by atoms with E-state index in [0.29, 0.717) is 11.2 Å². The standard InChI is InChI=1S/C10H13N3S/c1-7(2)13-4-3-8(5-13)9-6-14-10(11)12-9/h3-7H,1-2H3,(H2,11,12). The second-order valence-corrected chi connectivity index (χ2v) is 4.40. The lowest BCUT2D eigenvalue weighted by Crippen LogP contribution is -1.95. The summed E-state index contributed by atoms with van der Waals surface area (Å²) in [5.41, 5.74) is 7.68. The van der Waals surface area contributed by atoms with E-state index < -0.39 is 0 Å². The Morgan fingerprint density at radius 2 is 2.29 bits per heavy atom. The number of hydrogen-bond acceptors (Lipinski definition) is 3. The Hall–Kier alpha value is -1.29. The number of nitrogen functional groups attached to an aromatic ring is 1. The van der Waals surface area contributed by atoms with E-state index in [9.17, 15) is 0 Å². The lowest BCUT2D eigenvalue weighted by molar-refractivity contribution is 0.604. The molecule has 0 saturated carbocycles. The zero-order chi connectivity index (χ0) is 10.1. The van der Waals surface area contributed by atoms with Crippen molar-refractivity contribution >= 4 is 16.5 Å². The van der Waals surface area contributed by atoms with Crippen LogP contribution < -0.4 is 5.73 Å². The number of nitrogens with zero attached hydrogens (tertiary/aromatic N) is 2. The van der Waals surface area contributed by atoms with Crippen molar-refractivity contribution in [1.82, 2.24) is 9.55 Å². The molecule has 2 rings (SSSR count). The van der Waals surface area contributed by atoms with E-state index in [2.05, 4.69) is 41.9 Å². The van der Waals surface area contributed by atoms with Gasteiger partial charge in [0.2, 0.25) is 0 Å². The molecule has 0 aliphatic carbocycles. The lowest BCUT2D eigenvalue weighted by atomic mass is 10.3. The van der Waals surface area contributed by atoms with Gasteiger partial charge in [-0.25, -0.2) is 4.98 Å². The molecule has 0 bridgehead atoms. The van der Waals surface area contributed by atoms with E-state index >= 15 is 0 Å². The van der Waals surface area contributed by atoms with Gasteiger partial charge >= 0.3 is 0 Å². The van der Waals surface area contributed by atoms with Crippen LogP contribution in [0.4, 0.5) is 5.13 Å². The molecule has 0 unspecified atom stereocenters. The predicted molar refractivity (Wildman–Crippen MR) is 60.3 cm³/mol. The first-order valence-electron chi connectivity index (χ1n) is 4.55. The maximum Gasteiger partial charge on any atom is 0.180 e. The molecular formula is C10H13N3S. The van der Waals surface area contributed by atoms with Crippen molar-refractivity contribution in [2.75, 3.05) is 5.73 Å². The van der Waals surface area contributed by atoms with Crippen LogP contribution in [0.1, 0.15) is 19.9 Å². The summed E-state index contributed by atoms with van der Waals surface area (Å²) >= 11 is 1.47. The van der Waals surface area contributed by atoms with Gasteiger partial charge in [-0.1, -0.05) is 0 Å². The molecule has 0 aliphatic rings. The van der Waals surface area contributed by atoms with Gasteiger partial charge in [-0.3, -0.25) is 0 Å². The summed E-state index contributed by atoms with van der Waals surface area (Å²) in [5, 5.41) is 2.60. The van der Waals surface area contributed by atoms with Gasteiger partial charge < -0.3 is 10.3 Å². The summed E-state index contributed by atoms with van der Waals surface area (Å²) in [7, 11) is 0. The molecule has 0 atom stereocenters. The van der Waals surface area contributed by atoms with Gasteiger partial charge in [-0.2, -0.15) is 0 Å². The summed E-state index contributed by atoms with van der Waals surface area (Å²) in [6, 6.07) is 2.55. The molecule has 0 radical (unpaired) electrons. The molecule has 0 aliphatic heterocycles. The Balaban J connectivity index is 2.33. The molecule has 4 heteroatoms. The molecule has 74 valence electrons. The van der Waals surface area contributed by atoms with Gasteiger partial charge in [0.15, 0.2) is 5.13 Å². The summed E-state index contributed by atoms with van der Waals surface area (Å²) < 4.78 is 2.16. The predicted octanol–water partition coefficient (Wildman–Crippen LogP) is 2.77. The second kappa shape index (κ2) is 3.46.